The fourth-order valence-electron chi connectivity index (χ4n) is 4.70. The van der Waals surface area contributed by atoms with Crippen molar-refractivity contribution in [1.29, 1.82) is 0 Å². The van der Waals surface area contributed by atoms with Gasteiger partial charge in [-0.3, -0.25) is 14.5 Å². The summed E-state index contributed by atoms with van der Waals surface area (Å²) < 4.78 is 12.2. The molecule has 3 aromatic carbocycles. The molecule has 1 aliphatic heterocycles. The summed E-state index contributed by atoms with van der Waals surface area (Å²) >= 11 is 2.75. The summed E-state index contributed by atoms with van der Waals surface area (Å²) in [6.07, 6.45) is 2.82. The van der Waals surface area contributed by atoms with E-state index >= 15 is 0 Å². The molecule has 10 heteroatoms. The number of aliphatic hydroxyl groups is 1. The number of aromatic nitrogens is 2. The van der Waals surface area contributed by atoms with Crippen molar-refractivity contribution in [1.82, 2.24) is 10.2 Å². The quantitative estimate of drug-likeness (QED) is 0.0400. The fourth-order valence-corrected chi connectivity index (χ4v) is 6.52. The van der Waals surface area contributed by atoms with E-state index in [2.05, 4.69) is 41.4 Å². The zero-order chi connectivity index (χ0) is 31.1. The van der Waals surface area contributed by atoms with Crippen LogP contribution in [0.3, 0.4) is 0 Å². The van der Waals surface area contributed by atoms with Gasteiger partial charge in [0.15, 0.2) is 4.34 Å². The van der Waals surface area contributed by atoms with Crippen LogP contribution in [-0.2, 0) is 15.3 Å². The van der Waals surface area contributed by atoms with E-state index < -0.39 is 17.7 Å². The van der Waals surface area contributed by atoms with Crippen molar-refractivity contribution >= 4 is 45.7 Å². The number of thioether (sulfide) groups is 1. The zero-order valence-electron chi connectivity index (χ0n) is 25.0. The standard InChI is InChI=1S/C34H35N3O5S2/c1-4-6-20-42-27-17-13-25(14-18-27)30(38)28-29(24-11-15-26(16-12-24)41-19-5-2)37(32(40)31(28)39)33-35-36-34(44-33)43-21-23-9-7-22(3)8-10-23/h7-18,29,38H,4-6,19-21H2,1-3H3. The largest absolute Gasteiger partial charge is 0.507 e. The van der Waals surface area contributed by atoms with Crippen LogP contribution in [0.2, 0.25) is 0 Å². The highest BCUT2D eigenvalue weighted by molar-refractivity contribution is 8.00. The van der Waals surface area contributed by atoms with E-state index in [1.54, 1.807) is 48.5 Å². The summed E-state index contributed by atoms with van der Waals surface area (Å²) in [4.78, 5) is 28.5. The van der Waals surface area contributed by atoms with E-state index in [-0.39, 0.29) is 16.5 Å². The van der Waals surface area contributed by atoms with Crippen LogP contribution < -0.4 is 14.4 Å². The molecule has 8 nitrogen and oxygen atoms in total. The molecular formula is C34H35N3O5S2. The second-order valence-electron chi connectivity index (χ2n) is 10.4. The van der Waals surface area contributed by atoms with Crippen molar-refractivity contribution in [2.24, 2.45) is 0 Å². The topological polar surface area (TPSA) is 102 Å². The maximum atomic E-state index is 13.6. The molecule has 1 amide bonds. The highest BCUT2D eigenvalue weighted by atomic mass is 32.2. The molecule has 4 aromatic rings. The first kappa shape index (κ1) is 31.3. The number of benzene rings is 3. The van der Waals surface area contributed by atoms with Gasteiger partial charge < -0.3 is 14.6 Å². The Kier molecular flexibility index (Phi) is 10.3. The average Bonchev–Trinajstić information content (AvgIpc) is 3.61. The first-order valence-electron chi connectivity index (χ1n) is 14.7. The molecule has 2 heterocycles. The zero-order valence-corrected chi connectivity index (χ0v) is 26.6. The minimum atomic E-state index is -0.904. The number of rotatable bonds is 13. The Morgan fingerprint density at radius 2 is 1.55 bits per heavy atom. The normalized spacial score (nSPS) is 16.0. The highest BCUT2D eigenvalue weighted by Crippen LogP contribution is 2.44. The molecule has 0 aliphatic carbocycles. The van der Waals surface area contributed by atoms with Gasteiger partial charge in [0.2, 0.25) is 5.13 Å². The molecule has 0 radical (unpaired) electrons. The minimum Gasteiger partial charge on any atom is -0.507 e. The summed E-state index contributed by atoms with van der Waals surface area (Å²) in [5.74, 6) is 0.214. The number of unbranched alkanes of at least 4 members (excludes halogenated alkanes) is 1. The lowest BCUT2D eigenvalue weighted by molar-refractivity contribution is -0.132. The number of ether oxygens (including phenoxy) is 2. The third-order valence-electron chi connectivity index (χ3n) is 7.09. The molecule has 0 spiro atoms. The van der Waals surface area contributed by atoms with E-state index in [0.29, 0.717) is 45.9 Å². The van der Waals surface area contributed by atoms with E-state index in [9.17, 15) is 14.7 Å². The molecular weight excluding hydrogens is 595 g/mol. The maximum absolute atomic E-state index is 13.6. The number of nitrogens with zero attached hydrogens (tertiary/aromatic N) is 3. The summed E-state index contributed by atoms with van der Waals surface area (Å²) in [6.45, 7) is 7.33. The van der Waals surface area contributed by atoms with Gasteiger partial charge in [-0.15, -0.1) is 10.2 Å². The Morgan fingerprint density at radius 1 is 0.886 bits per heavy atom. The van der Waals surface area contributed by atoms with Gasteiger partial charge in [0.25, 0.3) is 5.78 Å². The SMILES string of the molecule is CCCCOc1ccc(C(O)=C2C(=O)C(=O)N(c3nnc(SCc4ccc(C)cc4)s3)C2c2ccc(OCCC)cc2)cc1. The van der Waals surface area contributed by atoms with Gasteiger partial charge in [0, 0.05) is 11.3 Å². The number of amides is 1. The number of hydrogen-bond acceptors (Lipinski definition) is 9. The van der Waals surface area contributed by atoms with Crippen molar-refractivity contribution in [3.8, 4) is 11.5 Å². The van der Waals surface area contributed by atoms with Crippen LogP contribution in [0.15, 0.2) is 82.7 Å². The van der Waals surface area contributed by atoms with Crippen molar-refractivity contribution < 1.29 is 24.2 Å². The van der Waals surface area contributed by atoms with E-state index in [4.69, 9.17) is 9.47 Å². The van der Waals surface area contributed by atoms with E-state index in [1.807, 2.05) is 13.8 Å². The van der Waals surface area contributed by atoms with Crippen LogP contribution in [0.4, 0.5) is 5.13 Å². The van der Waals surface area contributed by atoms with E-state index in [1.165, 1.54) is 33.6 Å². The molecule has 1 unspecified atom stereocenters. The van der Waals surface area contributed by atoms with Crippen molar-refractivity contribution in [2.75, 3.05) is 18.1 Å². The molecule has 1 fully saturated rings. The summed E-state index contributed by atoms with van der Waals surface area (Å²) in [7, 11) is 0. The molecule has 1 N–H and O–H groups in total. The Hall–Kier alpha value is -4.15. The molecule has 1 aliphatic rings. The number of Topliss-reactive ketones (excluding diaryl/α,β-unsaturated/α-hetero) is 1. The Labute approximate surface area is 265 Å². The summed E-state index contributed by atoms with van der Waals surface area (Å²) in [6, 6.07) is 21.4. The minimum absolute atomic E-state index is 0.0130. The number of ketones is 1. The average molecular weight is 630 g/mol. The van der Waals surface area contributed by atoms with E-state index in [0.717, 1.165) is 24.8 Å². The monoisotopic (exact) mass is 629 g/mol. The molecule has 1 aromatic heterocycles. The number of aliphatic hydroxyl groups excluding tert-OH is 1. The predicted octanol–water partition coefficient (Wildman–Crippen LogP) is 7.73. The first-order chi connectivity index (χ1) is 21.4. The van der Waals surface area contributed by atoms with Crippen molar-refractivity contribution in [2.45, 2.75) is 56.2 Å². The fraction of sp³-hybridized carbons (Fsp3) is 0.294. The van der Waals surface area contributed by atoms with Gasteiger partial charge >= 0.3 is 5.91 Å². The second-order valence-corrected chi connectivity index (χ2v) is 12.6. The van der Waals surface area contributed by atoms with Crippen LogP contribution in [0, 0.1) is 6.92 Å². The molecule has 5 rings (SSSR count). The molecule has 1 saturated heterocycles. The van der Waals surface area contributed by atoms with Gasteiger partial charge in [0.05, 0.1) is 24.8 Å². The summed E-state index contributed by atoms with van der Waals surface area (Å²) in [5.41, 5.74) is 3.36. The van der Waals surface area contributed by atoms with Gasteiger partial charge in [-0.05, 0) is 67.3 Å². The molecule has 0 bridgehead atoms. The van der Waals surface area contributed by atoms with Crippen LogP contribution in [0.25, 0.3) is 5.76 Å². The first-order valence-corrected chi connectivity index (χ1v) is 16.5. The highest BCUT2D eigenvalue weighted by Gasteiger charge is 2.48. The van der Waals surface area contributed by atoms with Crippen LogP contribution in [0.1, 0.15) is 61.4 Å². The van der Waals surface area contributed by atoms with Gasteiger partial charge in [-0.1, -0.05) is 85.3 Å². The number of anilines is 1. The lowest BCUT2D eigenvalue weighted by atomic mass is 9.95. The molecule has 44 heavy (non-hydrogen) atoms. The van der Waals surface area contributed by atoms with Crippen molar-refractivity contribution in [3.63, 3.8) is 0 Å². The van der Waals surface area contributed by atoms with Gasteiger partial charge in [0.1, 0.15) is 17.3 Å². The number of carbonyl (C=O) groups excluding carboxylic acids is 2. The van der Waals surface area contributed by atoms with Crippen LogP contribution in [0.5, 0.6) is 11.5 Å². The van der Waals surface area contributed by atoms with Gasteiger partial charge in [-0.2, -0.15) is 0 Å². The maximum Gasteiger partial charge on any atom is 0.301 e. The number of aryl methyl sites for hydroxylation is 1. The third kappa shape index (κ3) is 7.14. The second kappa shape index (κ2) is 14.5. The molecule has 228 valence electrons. The summed E-state index contributed by atoms with van der Waals surface area (Å²) in [5, 5.41) is 20.4. The van der Waals surface area contributed by atoms with Crippen LogP contribution in [-0.4, -0.2) is 40.2 Å². The smallest absolute Gasteiger partial charge is 0.301 e. The Morgan fingerprint density at radius 3 is 2.20 bits per heavy atom. The molecule has 0 saturated carbocycles. The van der Waals surface area contributed by atoms with Crippen LogP contribution >= 0.6 is 23.1 Å². The van der Waals surface area contributed by atoms with Gasteiger partial charge in [-0.25, -0.2) is 0 Å². The van der Waals surface area contributed by atoms with Crippen molar-refractivity contribution in [3.05, 3.63) is 101 Å². The molecule has 1 atom stereocenters. The Bertz CT molecular complexity index is 1620. The predicted molar refractivity (Wildman–Crippen MR) is 175 cm³/mol. The lowest BCUT2D eigenvalue weighted by Gasteiger charge is -2.22. The Balaban J connectivity index is 1.48. The third-order valence-corrected chi connectivity index (χ3v) is 9.22. The lowest BCUT2D eigenvalue weighted by Crippen LogP contribution is -2.29. The number of hydrogen-bond donors (Lipinski definition) is 1. The number of carbonyl (C=O) groups is 2.